The maximum atomic E-state index is 11.8. The lowest BCUT2D eigenvalue weighted by atomic mass is 10.0. The molecule has 0 radical (unpaired) electrons. The van der Waals surface area contributed by atoms with E-state index in [1.807, 2.05) is 0 Å². The molecule has 0 aliphatic carbocycles. The molecule has 1 unspecified atom stereocenters. The molecule has 20 heavy (non-hydrogen) atoms. The smallest absolute Gasteiger partial charge is 0.308 e. The highest BCUT2D eigenvalue weighted by Gasteiger charge is 2.24. The van der Waals surface area contributed by atoms with Crippen LogP contribution in [0.1, 0.15) is 23.2 Å². The van der Waals surface area contributed by atoms with E-state index in [9.17, 15) is 19.6 Å². The van der Waals surface area contributed by atoms with E-state index in [-0.39, 0.29) is 18.4 Å². The average Bonchev–Trinajstić information content (AvgIpc) is 2.42. The van der Waals surface area contributed by atoms with Crippen molar-refractivity contribution in [2.45, 2.75) is 12.8 Å². The summed E-state index contributed by atoms with van der Waals surface area (Å²) in [7, 11) is 0. The molecule has 7 heteroatoms. The van der Waals surface area contributed by atoms with Crippen LogP contribution in [0.25, 0.3) is 0 Å². The van der Waals surface area contributed by atoms with Gasteiger partial charge in [-0.15, -0.1) is 0 Å². The normalized spacial score (nSPS) is 11.7. The summed E-state index contributed by atoms with van der Waals surface area (Å²) in [5.41, 5.74) is 0.220. The molecule has 1 aromatic rings. The van der Waals surface area contributed by atoms with Crippen molar-refractivity contribution in [1.29, 1.82) is 0 Å². The molecular formula is C13H15NO6. The molecule has 0 aromatic heterocycles. The van der Waals surface area contributed by atoms with E-state index in [1.54, 1.807) is 18.2 Å². The minimum absolute atomic E-state index is 0.163. The molecule has 3 N–H and O–H groups in total. The Hall–Kier alpha value is -2.41. The lowest BCUT2D eigenvalue weighted by molar-refractivity contribution is -0.147. The lowest BCUT2D eigenvalue weighted by Crippen LogP contribution is -2.35. The third-order valence-electron chi connectivity index (χ3n) is 2.70. The fourth-order valence-corrected chi connectivity index (χ4v) is 1.61. The van der Waals surface area contributed by atoms with Crippen molar-refractivity contribution < 1.29 is 29.8 Å². The molecule has 0 saturated heterocycles. The van der Waals surface area contributed by atoms with Gasteiger partial charge in [0.05, 0.1) is 12.5 Å². The summed E-state index contributed by atoms with van der Waals surface area (Å²) in [4.78, 5) is 33.2. The third kappa shape index (κ3) is 4.69. The zero-order chi connectivity index (χ0) is 15.1. The molecule has 0 aliphatic rings. The molecule has 0 aliphatic heterocycles. The molecule has 0 fully saturated rings. The number of nitrogens with zero attached hydrogens (tertiary/aromatic N) is 1. The molecule has 0 spiro atoms. The highest BCUT2D eigenvalue weighted by Crippen LogP contribution is 2.11. The van der Waals surface area contributed by atoms with E-state index in [2.05, 4.69) is 0 Å². The Kier molecular flexibility index (Phi) is 5.67. The molecule has 1 atom stereocenters. The average molecular weight is 281 g/mol. The first kappa shape index (κ1) is 15.6. The van der Waals surface area contributed by atoms with E-state index >= 15 is 0 Å². The number of carbonyl (C=O) groups excluding carboxylic acids is 1. The number of carboxylic acid groups (broad SMARTS) is 2. The lowest BCUT2D eigenvalue weighted by Gasteiger charge is -2.19. The molecule has 1 rings (SSSR count). The van der Waals surface area contributed by atoms with E-state index in [1.165, 1.54) is 12.1 Å². The number of hydrogen-bond acceptors (Lipinski definition) is 4. The van der Waals surface area contributed by atoms with Gasteiger partial charge in [0.1, 0.15) is 0 Å². The second-order valence-corrected chi connectivity index (χ2v) is 4.22. The summed E-state index contributed by atoms with van der Waals surface area (Å²) in [5.74, 6) is -4.25. The maximum Gasteiger partial charge on any atom is 0.308 e. The second kappa shape index (κ2) is 7.25. The van der Waals surface area contributed by atoms with Gasteiger partial charge in [-0.1, -0.05) is 18.2 Å². The van der Waals surface area contributed by atoms with Crippen LogP contribution < -0.4 is 0 Å². The zero-order valence-corrected chi connectivity index (χ0v) is 10.6. The Morgan fingerprint density at radius 2 is 1.70 bits per heavy atom. The topological polar surface area (TPSA) is 115 Å². The van der Waals surface area contributed by atoms with Crippen LogP contribution in [0, 0.1) is 5.92 Å². The number of rotatable bonds is 7. The van der Waals surface area contributed by atoms with Gasteiger partial charge >= 0.3 is 11.9 Å². The molecular weight excluding hydrogens is 266 g/mol. The van der Waals surface area contributed by atoms with Crippen LogP contribution in [0.5, 0.6) is 0 Å². The van der Waals surface area contributed by atoms with Gasteiger partial charge < -0.3 is 10.2 Å². The molecule has 0 heterocycles. The van der Waals surface area contributed by atoms with E-state index in [0.717, 1.165) is 0 Å². The van der Waals surface area contributed by atoms with Gasteiger partial charge in [-0.2, -0.15) is 0 Å². The molecule has 0 saturated carbocycles. The fraction of sp³-hybridized carbons (Fsp3) is 0.308. The minimum atomic E-state index is -1.26. The molecule has 7 nitrogen and oxygen atoms in total. The monoisotopic (exact) mass is 281 g/mol. The van der Waals surface area contributed by atoms with Crippen molar-refractivity contribution in [2.75, 3.05) is 6.54 Å². The van der Waals surface area contributed by atoms with Crippen molar-refractivity contribution in [3.8, 4) is 0 Å². The Bertz CT molecular complexity index is 487. The van der Waals surface area contributed by atoms with Crippen molar-refractivity contribution in [3.63, 3.8) is 0 Å². The summed E-state index contributed by atoms with van der Waals surface area (Å²) < 4.78 is 0. The SMILES string of the molecule is O=C(O)CCC(CN(O)C(=O)c1ccccc1)C(=O)O. The van der Waals surface area contributed by atoms with Crippen LogP contribution in [0.4, 0.5) is 0 Å². The standard InChI is InChI=1S/C13H15NO6/c15-11(16)7-6-10(13(18)19)8-14(20)12(17)9-4-2-1-3-5-9/h1-5,10,20H,6-8H2,(H,15,16)(H,18,19). The van der Waals surface area contributed by atoms with Gasteiger partial charge in [-0.3, -0.25) is 19.6 Å². The predicted molar refractivity (Wildman–Crippen MR) is 67.3 cm³/mol. The van der Waals surface area contributed by atoms with Crippen LogP contribution in [0.15, 0.2) is 30.3 Å². The highest BCUT2D eigenvalue weighted by molar-refractivity contribution is 5.93. The fourth-order valence-electron chi connectivity index (χ4n) is 1.61. The predicted octanol–water partition coefficient (Wildman–Crippen LogP) is 1.08. The number of hydroxylamine groups is 2. The third-order valence-corrected chi connectivity index (χ3v) is 2.70. The van der Waals surface area contributed by atoms with E-state index in [0.29, 0.717) is 5.06 Å². The summed E-state index contributed by atoms with van der Waals surface area (Å²) in [6.07, 6.45) is -0.506. The summed E-state index contributed by atoms with van der Waals surface area (Å²) in [5, 5.41) is 27.4. The molecule has 1 amide bonds. The number of benzene rings is 1. The van der Waals surface area contributed by atoms with Crippen molar-refractivity contribution >= 4 is 17.8 Å². The molecule has 108 valence electrons. The Labute approximate surface area is 115 Å². The van der Waals surface area contributed by atoms with Gasteiger partial charge in [0.25, 0.3) is 5.91 Å². The second-order valence-electron chi connectivity index (χ2n) is 4.22. The Morgan fingerprint density at radius 1 is 1.10 bits per heavy atom. The zero-order valence-electron chi connectivity index (χ0n) is 10.6. The largest absolute Gasteiger partial charge is 0.481 e. The van der Waals surface area contributed by atoms with Gasteiger partial charge in [-0.05, 0) is 18.6 Å². The van der Waals surface area contributed by atoms with Crippen molar-refractivity contribution in [1.82, 2.24) is 5.06 Å². The Morgan fingerprint density at radius 3 is 2.20 bits per heavy atom. The van der Waals surface area contributed by atoms with Crippen LogP contribution in [-0.2, 0) is 9.59 Å². The first-order chi connectivity index (χ1) is 9.41. The Balaban J connectivity index is 2.66. The molecule has 0 bridgehead atoms. The summed E-state index contributed by atoms with van der Waals surface area (Å²) >= 11 is 0. The quantitative estimate of drug-likeness (QED) is 0.509. The van der Waals surface area contributed by atoms with E-state index in [4.69, 9.17) is 10.2 Å². The minimum Gasteiger partial charge on any atom is -0.481 e. The molecule has 1 aromatic carbocycles. The van der Waals surface area contributed by atoms with Gasteiger partial charge in [0.15, 0.2) is 0 Å². The van der Waals surface area contributed by atoms with Crippen molar-refractivity contribution in [2.24, 2.45) is 5.92 Å². The number of carboxylic acids is 2. The van der Waals surface area contributed by atoms with Gasteiger partial charge in [0.2, 0.25) is 0 Å². The number of aliphatic carboxylic acids is 2. The van der Waals surface area contributed by atoms with Crippen LogP contribution in [0.3, 0.4) is 0 Å². The van der Waals surface area contributed by atoms with Crippen LogP contribution in [-0.4, -0.2) is 44.9 Å². The van der Waals surface area contributed by atoms with Gasteiger partial charge in [0, 0.05) is 12.0 Å². The number of hydrogen-bond donors (Lipinski definition) is 3. The van der Waals surface area contributed by atoms with Crippen LogP contribution in [0.2, 0.25) is 0 Å². The first-order valence-corrected chi connectivity index (χ1v) is 5.92. The van der Waals surface area contributed by atoms with Crippen LogP contribution >= 0.6 is 0 Å². The first-order valence-electron chi connectivity index (χ1n) is 5.92. The number of carbonyl (C=O) groups is 3. The highest BCUT2D eigenvalue weighted by atomic mass is 16.5. The van der Waals surface area contributed by atoms with Gasteiger partial charge in [-0.25, -0.2) is 5.06 Å². The van der Waals surface area contributed by atoms with Crippen molar-refractivity contribution in [3.05, 3.63) is 35.9 Å². The maximum absolute atomic E-state index is 11.8. The summed E-state index contributed by atoms with van der Waals surface area (Å²) in [6.45, 7) is -0.462. The van der Waals surface area contributed by atoms with E-state index < -0.39 is 30.3 Å². The summed E-state index contributed by atoms with van der Waals surface area (Å²) in [6, 6.07) is 7.89. The number of amides is 1.